The standard InChI is InChI=1S/C26H35N7O/c1-19-23-20(2)33(22-11-4-3-5-12-22)30-24(23)25(29-28-19)32-17-8-10-21(18-32)26(34)27-13-9-16-31-14-6-7-15-31/h3-5,11-12,21H,6-10,13-18H2,1-2H3,(H,27,34)/t21-/m0/s1. The van der Waals surface area contributed by atoms with Crippen molar-refractivity contribution in [2.45, 2.75) is 46.0 Å². The van der Waals surface area contributed by atoms with Crippen LogP contribution in [0.3, 0.4) is 0 Å². The summed E-state index contributed by atoms with van der Waals surface area (Å²) < 4.78 is 1.97. The number of carbonyl (C=O) groups is 1. The van der Waals surface area contributed by atoms with Crippen LogP contribution in [0.1, 0.15) is 43.5 Å². The van der Waals surface area contributed by atoms with E-state index in [9.17, 15) is 4.79 Å². The number of aromatic nitrogens is 4. The van der Waals surface area contributed by atoms with Crippen molar-refractivity contribution in [1.82, 2.24) is 30.2 Å². The maximum atomic E-state index is 12.9. The minimum Gasteiger partial charge on any atom is -0.356 e. The first-order valence-corrected chi connectivity index (χ1v) is 12.6. The molecule has 2 aliphatic rings. The van der Waals surface area contributed by atoms with E-state index in [0.29, 0.717) is 6.54 Å². The molecule has 1 aromatic carbocycles. The molecule has 5 rings (SSSR count). The van der Waals surface area contributed by atoms with Crippen LogP contribution in [0.25, 0.3) is 16.6 Å². The van der Waals surface area contributed by atoms with E-state index in [1.807, 2.05) is 29.8 Å². The van der Waals surface area contributed by atoms with Gasteiger partial charge in [0.15, 0.2) is 5.82 Å². The first-order chi connectivity index (χ1) is 16.6. The number of aryl methyl sites for hydroxylation is 2. The van der Waals surface area contributed by atoms with Gasteiger partial charge >= 0.3 is 0 Å². The summed E-state index contributed by atoms with van der Waals surface area (Å²) in [4.78, 5) is 17.6. The molecule has 4 heterocycles. The van der Waals surface area contributed by atoms with E-state index in [1.165, 1.54) is 25.9 Å². The molecule has 0 unspecified atom stereocenters. The SMILES string of the molecule is Cc1nnc(N2CCC[C@H](C(=O)NCCCN3CCCC3)C2)c2nn(-c3ccccc3)c(C)c12. The van der Waals surface area contributed by atoms with Gasteiger partial charge in [0.1, 0.15) is 5.52 Å². The number of nitrogens with one attached hydrogen (secondary N) is 1. The summed E-state index contributed by atoms with van der Waals surface area (Å²) in [5.41, 5.74) is 3.81. The minimum atomic E-state index is -0.0315. The highest BCUT2D eigenvalue weighted by molar-refractivity contribution is 5.92. The van der Waals surface area contributed by atoms with Gasteiger partial charge in [-0.2, -0.15) is 10.2 Å². The first-order valence-electron chi connectivity index (χ1n) is 12.6. The highest BCUT2D eigenvalue weighted by Crippen LogP contribution is 2.31. The third-order valence-electron chi connectivity index (χ3n) is 7.23. The Kier molecular flexibility index (Phi) is 6.76. The molecule has 0 bridgehead atoms. The number of hydrogen-bond donors (Lipinski definition) is 1. The fourth-order valence-electron chi connectivity index (χ4n) is 5.39. The number of hydrogen-bond acceptors (Lipinski definition) is 6. The average molecular weight is 462 g/mol. The molecule has 3 aromatic rings. The Balaban J connectivity index is 1.30. The van der Waals surface area contributed by atoms with Gasteiger partial charge in [-0.05, 0) is 77.7 Å². The third-order valence-corrected chi connectivity index (χ3v) is 7.23. The molecular weight excluding hydrogens is 426 g/mol. The number of anilines is 1. The maximum Gasteiger partial charge on any atom is 0.224 e. The summed E-state index contributed by atoms with van der Waals surface area (Å²) in [7, 11) is 0. The molecule has 0 radical (unpaired) electrons. The Morgan fingerprint density at radius 3 is 2.65 bits per heavy atom. The van der Waals surface area contributed by atoms with E-state index in [2.05, 4.69) is 44.4 Å². The summed E-state index contributed by atoms with van der Waals surface area (Å²) in [6.07, 6.45) is 5.50. The number of fused-ring (bicyclic) bond motifs is 1. The molecule has 8 heteroatoms. The first kappa shape index (κ1) is 22.8. The molecule has 0 spiro atoms. The highest BCUT2D eigenvalue weighted by atomic mass is 16.1. The molecule has 34 heavy (non-hydrogen) atoms. The summed E-state index contributed by atoms with van der Waals surface area (Å²) in [5.74, 6) is 0.911. The molecule has 2 fully saturated rings. The zero-order valence-electron chi connectivity index (χ0n) is 20.3. The highest BCUT2D eigenvalue weighted by Gasteiger charge is 2.29. The topological polar surface area (TPSA) is 79.2 Å². The van der Waals surface area contributed by atoms with Crippen molar-refractivity contribution in [2.24, 2.45) is 5.92 Å². The van der Waals surface area contributed by atoms with Gasteiger partial charge in [-0.25, -0.2) is 4.68 Å². The number of para-hydroxylation sites is 1. The molecule has 2 saturated heterocycles. The lowest BCUT2D eigenvalue weighted by Crippen LogP contribution is -2.44. The smallest absolute Gasteiger partial charge is 0.224 e. The minimum absolute atomic E-state index is 0.0315. The lowest BCUT2D eigenvalue weighted by atomic mass is 9.97. The Labute approximate surface area is 201 Å². The quantitative estimate of drug-likeness (QED) is 0.544. The van der Waals surface area contributed by atoms with Crippen LogP contribution < -0.4 is 10.2 Å². The second-order valence-electron chi connectivity index (χ2n) is 9.64. The van der Waals surface area contributed by atoms with Crippen LogP contribution in [-0.4, -0.2) is 70.1 Å². The molecular formula is C26H35N7O. The van der Waals surface area contributed by atoms with Crippen molar-refractivity contribution in [3.05, 3.63) is 41.7 Å². The molecule has 1 amide bonds. The molecule has 2 aliphatic heterocycles. The Morgan fingerprint density at radius 1 is 1.06 bits per heavy atom. The van der Waals surface area contributed by atoms with E-state index in [-0.39, 0.29) is 11.8 Å². The Hall–Kier alpha value is -3.00. The molecule has 1 N–H and O–H groups in total. The van der Waals surface area contributed by atoms with E-state index in [0.717, 1.165) is 72.7 Å². The van der Waals surface area contributed by atoms with Crippen molar-refractivity contribution in [3.63, 3.8) is 0 Å². The van der Waals surface area contributed by atoms with Crippen molar-refractivity contribution in [3.8, 4) is 5.69 Å². The number of benzene rings is 1. The van der Waals surface area contributed by atoms with Gasteiger partial charge in [-0.1, -0.05) is 18.2 Å². The zero-order valence-corrected chi connectivity index (χ0v) is 20.3. The monoisotopic (exact) mass is 461 g/mol. The van der Waals surface area contributed by atoms with Crippen LogP contribution in [0.4, 0.5) is 5.82 Å². The number of likely N-dealkylation sites (tertiary alicyclic amines) is 1. The largest absolute Gasteiger partial charge is 0.356 e. The summed E-state index contributed by atoms with van der Waals surface area (Å²) >= 11 is 0. The van der Waals surface area contributed by atoms with Gasteiger partial charge in [-0.15, -0.1) is 5.10 Å². The van der Waals surface area contributed by atoms with Crippen LogP contribution in [0.2, 0.25) is 0 Å². The van der Waals surface area contributed by atoms with Crippen LogP contribution in [-0.2, 0) is 4.79 Å². The lowest BCUT2D eigenvalue weighted by molar-refractivity contribution is -0.125. The Morgan fingerprint density at radius 2 is 1.85 bits per heavy atom. The van der Waals surface area contributed by atoms with Crippen LogP contribution in [0.15, 0.2) is 30.3 Å². The van der Waals surface area contributed by atoms with Crippen LogP contribution in [0.5, 0.6) is 0 Å². The molecule has 1 atom stereocenters. The van der Waals surface area contributed by atoms with E-state index in [4.69, 9.17) is 5.10 Å². The fraction of sp³-hybridized carbons (Fsp3) is 0.538. The average Bonchev–Trinajstić information content (AvgIpc) is 3.51. The normalized spacial score (nSPS) is 19.1. The van der Waals surface area contributed by atoms with Gasteiger partial charge in [0.05, 0.1) is 28.4 Å². The van der Waals surface area contributed by atoms with Gasteiger partial charge in [0, 0.05) is 19.6 Å². The molecule has 0 saturated carbocycles. The van der Waals surface area contributed by atoms with Crippen molar-refractivity contribution in [1.29, 1.82) is 0 Å². The van der Waals surface area contributed by atoms with Crippen LogP contribution >= 0.6 is 0 Å². The second kappa shape index (κ2) is 10.1. The number of rotatable bonds is 7. The lowest BCUT2D eigenvalue weighted by Gasteiger charge is -2.32. The summed E-state index contributed by atoms with van der Waals surface area (Å²) in [6.45, 7) is 9.82. The zero-order chi connectivity index (χ0) is 23.5. The van der Waals surface area contributed by atoms with Gasteiger partial charge in [-0.3, -0.25) is 4.79 Å². The molecule has 8 nitrogen and oxygen atoms in total. The number of nitrogens with zero attached hydrogens (tertiary/aromatic N) is 6. The fourth-order valence-corrected chi connectivity index (χ4v) is 5.39. The van der Waals surface area contributed by atoms with Gasteiger partial charge < -0.3 is 15.1 Å². The molecule has 2 aromatic heterocycles. The van der Waals surface area contributed by atoms with E-state index >= 15 is 0 Å². The second-order valence-corrected chi connectivity index (χ2v) is 9.64. The predicted molar refractivity (Wildman–Crippen MR) is 134 cm³/mol. The third kappa shape index (κ3) is 4.64. The van der Waals surface area contributed by atoms with Gasteiger partial charge in [0.25, 0.3) is 0 Å². The van der Waals surface area contributed by atoms with E-state index in [1.54, 1.807) is 0 Å². The maximum absolute atomic E-state index is 12.9. The van der Waals surface area contributed by atoms with Crippen molar-refractivity contribution >= 4 is 22.6 Å². The summed E-state index contributed by atoms with van der Waals surface area (Å²) in [6, 6.07) is 10.2. The van der Waals surface area contributed by atoms with Crippen molar-refractivity contribution in [2.75, 3.05) is 44.2 Å². The number of amides is 1. The predicted octanol–water partition coefficient (Wildman–Crippen LogP) is 3.25. The number of piperidine rings is 1. The Bertz CT molecular complexity index is 1140. The van der Waals surface area contributed by atoms with E-state index < -0.39 is 0 Å². The van der Waals surface area contributed by atoms with Crippen molar-refractivity contribution < 1.29 is 4.79 Å². The molecule has 0 aliphatic carbocycles. The summed E-state index contributed by atoms with van der Waals surface area (Å²) in [5, 5.41) is 18.2. The van der Waals surface area contributed by atoms with Crippen LogP contribution in [0, 0.1) is 19.8 Å². The number of carbonyl (C=O) groups excluding carboxylic acids is 1. The van der Waals surface area contributed by atoms with Gasteiger partial charge in [0.2, 0.25) is 5.91 Å². The molecule has 180 valence electrons.